The highest BCUT2D eigenvalue weighted by molar-refractivity contribution is 14.0. The van der Waals surface area contributed by atoms with E-state index >= 15 is 0 Å². The number of halogens is 1. The lowest BCUT2D eigenvalue weighted by atomic mass is 10.2. The van der Waals surface area contributed by atoms with Gasteiger partial charge in [0.15, 0.2) is 5.96 Å². The molecule has 0 heterocycles. The molecule has 0 aromatic rings. The Balaban J connectivity index is 0. The van der Waals surface area contributed by atoms with E-state index < -0.39 is 11.7 Å². The first-order valence-electron chi connectivity index (χ1n) is 8.45. The molecule has 0 fully saturated rings. The van der Waals surface area contributed by atoms with Gasteiger partial charge in [-0.05, 0) is 34.1 Å². The Hall–Kier alpha value is -0.770. The molecule has 0 saturated carbocycles. The van der Waals surface area contributed by atoms with E-state index in [0.717, 1.165) is 32.0 Å². The molecule has 0 aliphatic carbocycles. The summed E-state index contributed by atoms with van der Waals surface area (Å²) < 4.78 is 10.6. The van der Waals surface area contributed by atoms with Crippen LogP contribution < -0.4 is 16.0 Å². The quantitative estimate of drug-likeness (QED) is 0.203. The molecule has 7 nitrogen and oxygen atoms in total. The number of hydrogen-bond donors (Lipinski definition) is 3. The Morgan fingerprint density at radius 3 is 2.29 bits per heavy atom. The predicted octanol–water partition coefficient (Wildman–Crippen LogP) is 2.50. The Labute approximate surface area is 163 Å². The molecule has 0 aliphatic heterocycles. The molecule has 0 saturated heterocycles. The average Bonchev–Trinajstić information content (AvgIpc) is 2.45. The first-order valence-corrected chi connectivity index (χ1v) is 8.45. The second kappa shape index (κ2) is 15.7. The molecular weight excluding hydrogens is 423 g/mol. The van der Waals surface area contributed by atoms with E-state index in [0.29, 0.717) is 26.2 Å². The van der Waals surface area contributed by atoms with E-state index in [-0.39, 0.29) is 24.0 Å². The van der Waals surface area contributed by atoms with Crippen molar-refractivity contribution < 1.29 is 14.3 Å². The number of nitrogens with one attached hydrogen (secondary N) is 3. The van der Waals surface area contributed by atoms with Crippen LogP contribution in [0, 0.1) is 0 Å². The zero-order chi connectivity index (χ0) is 17.6. The number of amides is 1. The van der Waals surface area contributed by atoms with Gasteiger partial charge in [0.05, 0.1) is 13.2 Å². The lowest BCUT2D eigenvalue weighted by molar-refractivity contribution is 0.0529. The summed E-state index contributed by atoms with van der Waals surface area (Å²) in [5.41, 5.74) is -0.480. The molecule has 0 spiro atoms. The van der Waals surface area contributed by atoms with E-state index in [4.69, 9.17) is 9.47 Å². The van der Waals surface area contributed by atoms with Crippen molar-refractivity contribution in [3.63, 3.8) is 0 Å². The molecule has 0 atom stereocenters. The number of unbranched alkanes of at least 4 members (excludes halogenated alkanes) is 1. The summed E-state index contributed by atoms with van der Waals surface area (Å²) >= 11 is 0. The zero-order valence-corrected chi connectivity index (χ0v) is 18.1. The third-order valence-corrected chi connectivity index (χ3v) is 2.58. The maximum Gasteiger partial charge on any atom is 0.407 e. The van der Waals surface area contributed by atoms with Crippen molar-refractivity contribution in [3.05, 3.63) is 0 Å². The van der Waals surface area contributed by atoms with Crippen molar-refractivity contribution in [2.45, 2.75) is 53.1 Å². The van der Waals surface area contributed by atoms with Gasteiger partial charge in [0.2, 0.25) is 0 Å². The van der Waals surface area contributed by atoms with Crippen LogP contribution in [-0.2, 0) is 9.47 Å². The van der Waals surface area contributed by atoms with Crippen molar-refractivity contribution in [1.82, 2.24) is 16.0 Å². The summed E-state index contributed by atoms with van der Waals surface area (Å²) in [5, 5.41) is 9.00. The van der Waals surface area contributed by atoms with Crippen LogP contribution in [-0.4, -0.2) is 57.0 Å². The van der Waals surface area contributed by atoms with Crippen molar-refractivity contribution in [3.8, 4) is 0 Å². The number of nitrogens with zero attached hydrogens (tertiary/aromatic N) is 1. The van der Waals surface area contributed by atoms with Crippen LogP contribution in [0.4, 0.5) is 4.79 Å². The fraction of sp³-hybridized carbons (Fsp3) is 0.875. The average molecular weight is 458 g/mol. The van der Waals surface area contributed by atoms with Gasteiger partial charge < -0.3 is 25.4 Å². The molecular formula is C16H35IN4O3. The lowest BCUT2D eigenvalue weighted by Crippen LogP contribution is -2.42. The molecule has 0 aliphatic rings. The molecule has 0 aromatic carbocycles. The Morgan fingerprint density at radius 2 is 1.71 bits per heavy atom. The maximum absolute atomic E-state index is 11.5. The normalized spacial score (nSPS) is 11.5. The highest BCUT2D eigenvalue weighted by Crippen LogP contribution is 2.05. The minimum absolute atomic E-state index is 0. The minimum atomic E-state index is -0.480. The van der Waals surface area contributed by atoms with Gasteiger partial charge >= 0.3 is 6.09 Å². The summed E-state index contributed by atoms with van der Waals surface area (Å²) in [7, 11) is 0. The highest BCUT2D eigenvalue weighted by atomic mass is 127. The summed E-state index contributed by atoms with van der Waals surface area (Å²) in [4.78, 5) is 15.9. The number of carbonyl (C=O) groups is 1. The van der Waals surface area contributed by atoms with Crippen LogP contribution in [0.15, 0.2) is 4.99 Å². The van der Waals surface area contributed by atoms with Crippen LogP contribution in [0.25, 0.3) is 0 Å². The van der Waals surface area contributed by atoms with E-state index in [2.05, 4.69) is 27.9 Å². The minimum Gasteiger partial charge on any atom is -0.444 e. The van der Waals surface area contributed by atoms with Crippen LogP contribution in [0.5, 0.6) is 0 Å². The largest absolute Gasteiger partial charge is 0.444 e. The number of aliphatic imine (C=N–C) groups is 1. The molecule has 1 amide bonds. The maximum atomic E-state index is 11.5. The number of ether oxygens (including phenoxy) is 2. The molecule has 0 radical (unpaired) electrons. The van der Waals surface area contributed by atoms with Crippen molar-refractivity contribution in [2.24, 2.45) is 4.99 Å². The first kappa shape index (κ1) is 25.5. The van der Waals surface area contributed by atoms with E-state index in [9.17, 15) is 4.79 Å². The SMILES string of the molecule is CCCCOCCN=C(NCC)NCCNC(=O)OC(C)(C)C.I. The molecule has 0 unspecified atom stereocenters. The summed E-state index contributed by atoms with van der Waals surface area (Å²) in [6.45, 7) is 13.5. The van der Waals surface area contributed by atoms with Crippen LogP contribution in [0.2, 0.25) is 0 Å². The fourth-order valence-electron chi connectivity index (χ4n) is 1.57. The standard InChI is InChI=1S/C16H34N4O3.HI/c1-6-8-12-22-13-11-19-14(17-7-2)18-9-10-20-15(21)23-16(3,4)5;/h6-13H2,1-5H3,(H,20,21)(H2,17,18,19);1H. The zero-order valence-electron chi connectivity index (χ0n) is 15.7. The third-order valence-electron chi connectivity index (χ3n) is 2.58. The third kappa shape index (κ3) is 17.6. The molecule has 3 N–H and O–H groups in total. The topological polar surface area (TPSA) is 84.0 Å². The molecule has 0 bridgehead atoms. The lowest BCUT2D eigenvalue weighted by Gasteiger charge is -2.19. The van der Waals surface area contributed by atoms with Gasteiger partial charge in [0.1, 0.15) is 5.60 Å². The predicted molar refractivity (Wildman–Crippen MR) is 109 cm³/mol. The van der Waals surface area contributed by atoms with Gasteiger partial charge in [-0.15, -0.1) is 24.0 Å². The smallest absolute Gasteiger partial charge is 0.407 e. The Kier molecular flexibility index (Phi) is 16.7. The van der Waals surface area contributed by atoms with E-state index in [1.165, 1.54) is 0 Å². The summed E-state index contributed by atoms with van der Waals surface area (Å²) in [5.74, 6) is 0.720. The van der Waals surface area contributed by atoms with Gasteiger partial charge in [-0.2, -0.15) is 0 Å². The molecule has 0 rings (SSSR count). The first-order chi connectivity index (χ1) is 10.9. The van der Waals surface area contributed by atoms with E-state index in [1.54, 1.807) is 0 Å². The number of rotatable bonds is 10. The van der Waals surface area contributed by atoms with Crippen LogP contribution >= 0.6 is 24.0 Å². The number of carbonyl (C=O) groups excluding carboxylic acids is 1. The summed E-state index contributed by atoms with van der Waals surface area (Å²) in [6, 6.07) is 0. The Morgan fingerprint density at radius 1 is 1.04 bits per heavy atom. The highest BCUT2D eigenvalue weighted by Gasteiger charge is 2.15. The number of hydrogen-bond acceptors (Lipinski definition) is 4. The fourth-order valence-corrected chi connectivity index (χ4v) is 1.57. The van der Waals surface area contributed by atoms with Crippen molar-refractivity contribution in [1.29, 1.82) is 0 Å². The number of alkyl carbamates (subject to hydrolysis) is 1. The van der Waals surface area contributed by atoms with Crippen LogP contribution in [0.1, 0.15) is 47.5 Å². The van der Waals surface area contributed by atoms with Crippen molar-refractivity contribution >= 4 is 36.0 Å². The van der Waals surface area contributed by atoms with Gasteiger partial charge in [-0.3, -0.25) is 4.99 Å². The Bertz CT molecular complexity index is 347. The summed E-state index contributed by atoms with van der Waals surface area (Å²) in [6.07, 6.45) is 1.81. The van der Waals surface area contributed by atoms with Crippen molar-refractivity contribution in [2.75, 3.05) is 39.4 Å². The van der Waals surface area contributed by atoms with Gasteiger partial charge in [0.25, 0.3) is 0 Å². The second-order valence-electron chi connectivity index (χ2n) is 6.08. The van der Waals surface area contributed by atoms with E-state index in [1.807, 2.05) is 27.7 Å². The second-order valence-corrected chi connectivity index (χ2v) is 6.08. The molecule has 24 heavy (non-hydrogen) atoms. The molecule has 144 valence electrons. The molecule has 8 heteroatoms. The van der Waals surface area contributed by atoms with Gasteiger partial charge in [-0.1, -0.05) is 13.3 Å². The van der Waals surface area contributed by atoms with Gasteiger partial charge in [0, 0.05) is 26.2 Å². The van der Waals surface area contributed by atoms with Gasteiger partial charge in [-0.25, -0.2) is 4.79 Å². The monoisotopic (exact) mass is 458 g/mol. The number of guanidine groups is 1. The molecule has 0 aromatic heterocycles. The van der Waals surface area contributed by atoms with Crippen LogP contribution in [0.3, 0.4) is 0 Å².